The average Bonchev–Trinajstić information content (AvgIpc) is 3.00. The van der Waals surface area contributed by atoms with Crippen LogP contribution in [0.4, 0.5) is 0 Å². The number of carboxylic acids is 2. The third-order valence-corrected chi connectivity index (χ3v) is 8.30. The molecule has 5 heteroatoms. The van der Waals surface area contributed by atoms with Gasteiger partial charge in [-0.1, -0.05) is 167 Å². The van der Waals surface area contributed by atoms with Crippen LogP contribution in [0.1, 0.15) is 219 Å². The molecule has 0 rings (SSSR count). The number of carboxylic acid groups (broad SMARTS) is 2. The third-order valence-electron chi connectivity index (χ3n) is 8.30. The number of aliphatic carboxylic acids is 2. The Hall–Kier alpha value is -0.957. The molecule has 0 heterocycles. The maximum absolute atomic E-state index is 10.4. The van der Waals surface area contributed by atoms with Gasteiger partial charge in [-0.3, -0.25) is 9.59 Å². The summed E-state index contributed by atoms with van der Waals surface area (Å²) in [5.41, 5.74) is 0. The van der Waals surface area contributed by atoms with E-state index < -0.39 is 11.9 Å². The van der Waals surface area contributed by atoms with Gasteiger partial charge in [-0.05, 0) is 64.2 Å². The zero-order valence-electron chi connectivity index (χ0n) is 30.4. The average molecular weight is 686 g/mol. The fourth-order valence-electron chi connectivity index (χ4n) is 5.40. The Morgan fingerprint density at radius 1 is 0.356 bits per heavy atom. The van der Waals surface area contributed by atoms with Crippen LogP contribution in [0.5, 0.6) is 0 Å². The second kappa shape index (κ2) is 45.2. The summed E-state index contributed by atoms with van der Waals surface area (Å²) in [5.74, 6) is -1.33. The molecule has 0 radical (unpaired) electrons. The van der Waals surface area contributed by atoms with E-state index in [0.717, 1.165) is 25.7 Å². The summed E-state index contributed by atoms with van der Waals surface area (Å²) in [7, 11) is 0. The topological polar surface area (TPSA) is 74.6 Å². The first kappa shape index (κ1) is 48.4. The van der Waals surface area contributed by atoms with E-state index in [4.69, 9.17) is 10.2 Å². The molecule has 0 aliphatic carbocycles. The molecular formula is C40H76O4Zn. The molecule has 0 aromatic rings. The number of carbonyl (C=O) groups is 2. The van der Waals surface area contributed by atoms with Crippen molar-refractivity contribution in [3.05, 3.63) is 24.3 Å². The molecule has 0 amide bonds. The Bertz CT molecular complexity index is 578. The predicted molar refractivity (Wildman–Crippen MR) is 193 cm³/mol. The molecule has 0 saturated carbocycles. The Morgan fingerprint density at radius 2 is 0.556 bits per heavy atom. The molecule has 0 saturated heterocycles. The second-order valence-electron chi connectivity index (χ2n) is 12.9. The molecule has 0 aliphatic heterocycles. The fourth-order valence-corrected chi connectivity index (χ4v) is 5.40. The van der Waals surface area contributed by atoms with E-state index in [1.54, 1.807) is 0 Å². The molecule has 0 atom stereocenters. The fraction of sp³-hybridized carbons (Fsp3) is 0.850. The van der Waals surface area contributed by atoms with Crippen molar-refractivity contribution >= 4 is 11.9 Å². The van der Waals surface area contributed by atoms with Crippen molar-refractivity contribution in [3.63, 3.8) is 0 Å². The summed E-state index contributed by atoms with van der Waals surface area (Å²) < 4.78 is 0. The zero-order valence-corrected chi connectivity index (χ0v) is 33.3. The largest absolute Gasteiger partial charge is 0.481 e. The molecule has 4 nitrogen and oxygen atoms in total. The summed E-state index contributed by atoms with van der Waals surface area (Å²) >= 11 is 0. The van der Waals surface area contributed by atoms with Gasteiger partial charge in [0.25, 0.3) is 0 Å². The molecule has 0 aromatic carbocycles. The molecule has 0 spiro atoms. The van der Waals surface area contributed by atoms with Crippen LogP contribution in [0.3, 0.4) is 0 Å². The maximum atomic E-state index is 10.4. The smallest absolute Gasteiger partial charge is 0.303 e. The van der Waals surface area contributed by atoms with Gasteiger partial charge < -0.3 is 10.2 Å². The van der Waals surface area contributed by atoms with Crippen molar-refractivity contribution < 1.29 is 39.3 Å². The van der Waals surface area contributed by atoms with Gasteiger partial charge in [-0.15, -0.1) is 0 Å². The molecule has 0 aromatic heterocycles. The van der Waals surface area contributed by atoms with E-state index in [1.807, 2.05) is 0 Å². The van der Waals surface area contributed by atoms with Gasteiger partial charge in [0.15, 0.2) is 0 Å². The first-order chi connectivity index (χ1) is 21.5. The number of hydrogen-bond acceptors (Lipinski definition) is 2. The zero-order chi connectivity index (χ0) is 32.6. The van der Waals surface area contributed by atoms with Crippen molar-refractivity contribution in [1.82, 2.24) is 0 Å². The predicted octanol–water partition coefficient (Wildman–Crippen LogP) is 13.8. The molecular weight excluding hydrogens is 610 g/mol. The van der Waals surface area contributed by atoms with E-state index in [1.165, 1.54) is 167 Å². The minimum Gasteiger partial charge on any atom is -0.481 e. The van der Waals surface area contributed by atoms with Gasteiger partial charge in [-0.25, -0.2) is 0 Å². The molecule has 0 fully saturated rings. The van der Waals surface area contributed by atoms with Crippen LogP contribution in [-0.2, 0) is 29.1 Å². The van der Waals surface area contributed by atoms with Gasteiger partial charge >= 0.3 is 11.9 Å². The number of unbranched alkanes of at least 4 members (excludes halogenated alkanes) is 26. The van der Waals surface area contributed by atoms with Gasteiger partial charge in [0, 0.05) is 32.3 Å². The third kappa shape index (κ3) is 52.8. The van der Waals surface area contributed by atoms with Crippen molar-refractivity contribution in [2.24, 2.45) is 0 Å². The van der Waals surface area contributed by atoms with Crippen LogP contribution in [0.2, 0.25) is 0 Å². The van der Waals surface area contributed by atoms with E-state index in [9.17, 15) is 9.59 Å². The Labute approximate surface area is 293 Å². The van der Waals surface area contributed by atoms with Gasteiger partial charge in [0.05, 0.1) is 0 Å². The number of hydrogen-bond donors (Lipinski definition) is 2. The molecule has 45 heavy (non-hydrogen) atoms. The number of allylic oxidation sites excluding steroid dienone is 4. The monoisotopic (exact) mass is 685 g/mol. The second-order valence-corrected chi connectivity index (χ2v) is 12.9. The summed E-state index contributed by atoms with van der Waals surface area (Å²) in [6.45, 7) is 4.54. The summed E-state index contributed by atoms with van der Waals surface area (Å²) in [6.07, 6.45) is 48.4. The van der Waals surface area contributed by atoms with E-state index in [-0.39, 0.29) is 19.5 Å². The van der Waals surface area contributed by atoms with E-state index in [2.05, 4.69) is 38.2 Å². The normalized spacial score (nSPS) is 11.1. The summed E-state index contributed by atoms with van der Waals surface area (Å²) in [6, 6.07) is 0. The SMILES string of the molecule is CCCCCCCCCC/C=C\CCCCCCCC(=O)O.CCCCCCCCCC/C=C\CCCCCCCC(=O)O.[Zn]. The quantitative estimate of drug-likeness (QED) is 0.0401. The summed E-state index contributed by atoms with van der Waals surface area (Å²) in [5, 5.41) is 17.1. The summed E-state index contributed by atoms with van der Waals surface area (Å²) in [4.78, 5) is 20.7. The molecule has 262 valence electrons. The van der Waals surface area contributed by atoms with Crippen LogP contribution < -0.4 is 0 Å². The van der Waals surface area contributed by atoms with Crippen LogP contribution in [-0.4, -0.2) is 22.2 Å². The van der Waals surface area contributed by atoms with Gasteiger partial charge in [0.2, 0.25) is 0 Å². The molecule has 0 unspecified atom stereocenters. The van der Waals surface area contributed by atoms with Crippen LogP contribution in [0, 0.1) is 0 Å². The van der Waals surface area contributed by atoms with Crippen molar-refractivity contribution in [2.75, 3.05) is 0 Å². The van der Waals surface area contributed by atoms with Gasteiger partial charge in [-0.2, -0.15) is 0 Å². The Kier molecular flexibility index (Phi) is 48.6. The molecule has 2 N–H and O–H groups in total. The molecule has 0 aliphatic rings. The first-order valence-corrected chi connectivity index (χ1v) is 19.3. The first-order valence-electron chi connectivity index (χ1n) is 19.3. The van der Waals surface area contributed by atoms with E-state index >= 15 is 0 Å². The van der Waals surface area contributed by atoms with Crippen LogP contribution in [0.15, 0.2) is 24.3 Å². The van der Waals surface area contributed by atoms with Crippen LogP contribution in [0.25, 0.3) is 0 Å². The Balaban J connectivity index is -0.000000767. The molecule has 0 bridgehead atoms. The van der Waals surface area contributed by atoms with E-state index in [0.29, 0.717) is 12.8 Å². The maximum Gasteiger partial charge on any atom is 0.303 e. The number of rotatable bonds is 34. The van der Waals surface area contributed by atoms with Crippen molar-refractivity contribution in [3.8, 4) is 0 Å². The Morgan fingerprint density at radius 3 is 0.778 bits per heavy atom. The van der Waals surface area contributed by atoms with Crippen molar-refractivity contribution in [2.45, 2.75) is 219 Å². The minimum absolute atomic E-state index is 0. The van der Waals surface area contributed by atoms with Crippen LogP contribution >= 0.6 is 0 Å². The minimum atomic E-state index is -0.663. The van der Waals surface area contributed by atoms with Crippen molar-refractivity contribution in [1.29, 1.82) is 0 Å². The van der Waals surface area contributed by atoms with Gasteiger partial charge in [0.1, 0.15) is 0 Å². The standard InChI is InChI=1S/2C20H38O2.Zn/c2*1-2-3-4-5-6-7-8-9-10-11-12-13-14-15-16-17-18-19-20(21)22;/h2*11-12H,2-10,13-19H2,1H3,(H,21,22);/b2*12-11-;.